The summed E-state index contributed by atoms with van der Waals surface area (Å²) < 4.78 is 5.70. The summed E-state index contributed by atoms with van der Waals surface area (Å²) in [5, 5.41) is -0.00832. The fourth-order valence-corrected chi connectivity index (χ4v) is 2.70. The molecule has 8 N–H and O–H groups in total. The molecule has 11 heteroatoms. The van der Waals surface area contributed by atoms with Gasteiger partial charge in [0.05, 0.1) is 0 Å². The Balaban J connectivity index is 1.77. The first-order valence-corrected chi connectivity index (χ1v) is 10.2. The number of anilines is 2. The topological polar surface area (TPSA) is 167 Å². The van der Waals surface area contributed by atoms with Crippen LogP contribution < -0.4 is 27.7 Å². The molecular weight excluding hydrogens is 418 g/mol. The molecule has 1 aromatic heterocycles. The minimum Gasteiger partial charge on any atom is -0.492 e. The number of hydrogen-bond donors (Lipinski definition) is 4. The molecule has 0 unspecified atom stereocenters. The molecule has 31 heavy (non-hydrogen) atoms. The van der Waals surface area contributed by atoms with Crippen LogP contribution in [0.3, 0.4) is 0 Å². The largest absolute Gasteiger partial charge is 0.492 e. The highest BCUT2D eigenvalue weighted by Gasteiger charge is 2.12. The molecule has 168 valence electrons. The molecular formula is C20H30ClN9O. The third kappa shape index (κ3) is 8.27. The van der Waals surface area contributed by atoms with Crippen LogP contribution in [0.1, 0.15) is 24.1 Å². The van der Waals surface area contributed by atoms with E-state index >= 15 is 0 Å². The number of halogens is 1. The first-order valence-electron chi connectivity index (χ1n) is 9.85. The van der Waals surface area contributed by atoms with Crippen molar-refractivity contribution in [2.75, 3.05) is 45.3 Å². The van der Waals surface area contributed by atoms with Crippen molar-refractivity contribution in [3.8, 4) is 5.75 Å². The Kier molecular flexibility index (Phi) is 9.29. The van der Waals surface area contributed by atoms with E-state index in [9.17, 15) is 0 Å². The summed E-state index contributed by atoms with van der Waals surface area (Å²) in [6.45, 7) is 2.08. The summed E-state index contributed by atoms with van der Waals surface area (Å²) in [4.78, 5) is 18.1. The molecule has 0 aliphatic carbocycles. The van der Waals surface area contributed by atoms with Gasteiger partial charge in [0.1, 0.15) is 18.1 Å². The minimum absolute atomic E-state index is 0.00832. The summed E-state index contributed by atoms with van der Waals surface area (Å²) in [6.07, 6.45) is 2.75. The number of aromatic nitrogens is 2. The molecule has 1 aromatic carbocycles. The summed E-state index contributed by atoms with van der Waals surface area (Å²) in [6, 6.07) is 8.15. The number of nitrogens with zero attached hydrogens (tertiary/aromatic N) is 5. The zero-order valence-corrected chi connectivity index (χ0v) is 18.6. The lowest BCUT2D eigenvalue weighted by Crippen LogP contribution is -2.23. The van der Waals surface area contributed by atoms with Gasteiger partial charge in [0.15, 0.2) is 22.6 Å². The zero-order valence-electron chi connectivity index (χ0n) is 17.9. The van der Waals surface area contributed by atoms with E-state index < -0.39 is 0 Å². The molecule has 0 aliphatic heterocycles. The van der Waals surface area contributed by atoms with Crippen LogP contribution in [0.25, 0.3) is 0 Å². The van der Waals surface area contributed by atoms with E-state index in [1.54, 1.807) is 0 Å². The fraction of sp³-hybridized carbons (Fsp3) is 0.400. The zero-order chi connectivity index (χ0) is 22.8. The van der Waals surface area contributed by atoms with Gasteiger partial charge in [-0.05, 0) is 51.1 Å². The standard InChI is InChI=1S/C20H30ClN9O/c1-30(2)11-12-31-14-8-6-13(7-9-14)5-3-4-10-26-20(25)29-18(23)15-17(22)28-19(24)16(21)27-15/h6-9H,3-5,10-12H2,1-2H3,(H4,22,24,28)(H4,23,25,26,29). The number of nitrogens with two attached hydrogens (primary N) is 4. The average Bonchev–Trinajstić information content (AvgIpc) is 2.71. The second-order valence-electron chi connectivity index (χ2n) is 7.12. The number of amidine groups is 1. The van der Waals surface area contributed by atoms with Crippen LogP contribution in [0.4, 0.5) is 11.6 Å². The van der Waals surface area contributed by atoms with Crippen molar-refractivity contribution in [2.45, 2.75) is 19.3 Å². The van der Waals surface area contributed by atoms with Gasteiger partial charge in [-0.25, -0.2) is 9.97 Å². The number of likely N-dealkylation sites (N-methyl/N-ethyl adjacent to an activating group) is 1. The molecule has 0 amide bonds. The van der Waals surface area contributed by atoms with Gasteiger partial charge in [-0.2, -0.15) is 4.99 Å². The van der Waals surface area contributed by atoms with Crippen molar-refractivity contribution in [1.29, 1.82) is 0 Å². The highest BCUT2D eigenvalue weighted by Crippen LogP contribution is 2.17. The Morgan fingerprint density at radius 3 is 2.45 bits per heavy atom. The van der Waals surface area contributed by atoms with Crippen LogP contribution in [0.2, 0.25) is 5.15 Å². The normalized spacial score (nSPS) is 12.4. The Labute approximate surface area is 187 Å². The maximum Gasteiger partial charge on any atom is 0.217 e. The molecule has 0 aliphatic rings. The van der Waals surface area contributed by atoms with E-state index in [1.165, 1.54) is 5.56 Å². The van der Waals surface area contributed by atoms with Crippen LogP contribution in [-0.4, -0.2) is 60.5 Å². The fourth-order valence-electron chi connectivity index (χ4n) is 2.57. The molecule has 2 rings (SSSR count). The van der Waals surface area contributed by atoms with Gasteiger partial charge in [0.25, 0.3) is 0 Å². The Morgan fingerprint density at radius 2 is 1.77 bits per heavy atom. The molecule has 0 saturated carbocycles. The number of guanidine groups is 1. The second-order valence-corrected chi connectivity index (χ2v) is 7.48. The monoisotopic (exact) mass is 447 g/mol. The first kappa shape index (κ1) is 24.2. The van der Waals surface area contributed by atoms with Gasteiger partial charge in [-0.15, -0.1) is 0 Å². The van der Waals surface area contributed by atoms with Crippen molar-refractivity contribution < 1.29 is 4.74 Å². The van der Waals surface area contributed by atoms with E-state index in [2.05, 4.69) is 37.0 Å². The number of hydrogen-bond acceptors (Lipinski definition) is 7. The van der Waals surface area contributed by atoms with E-state index in [4.69, 9.17) is 39.3 Å². The van der Waals surface area contributed by atoms with Gasteiger partial charge in [0, 0.05) is 13.1 Å². The quantitative estimate of drug-likeness (QED) is 0.240. The van der Waals surface area contributed by atoms with Crippen molar-refractivity contribution in [2.24, 2.45) is 21.5 Å². The predicted molar refractivity (Wildman–Crippen MR) is 127 cm³/mol. The molecule has 1 heterocycles. The van der Waals surface area contributed by atoms with Gasteiger partial charge in [-0.3, -0.25) is 4.99 Å². The lowest BCUT2D eigenvalue weighted by Gasteiger charge is -2.11. The van der Waals surface area contributed by atoms with E-state index in [0.717, 1.165) is 31.6 Å². The van der Waals surface area contributed by atoms with Gasteiger partial charge in [-0.1, -0.05) is 23.7 Å². The number of rotatable bonds is 10. The SMILES string of the molecule is CN(C)CCOc1ccc(CCCCN=C(N)N=C(N)c2nc(Cl)c(N)nc2N)cc1. The summed E-state index contributed by atoms with van der Waals surface area (Å²) in [5.74, 6) is 0.923. The highest BCUT2D eigenvalue weighted by molar-refractivity contribution is 6.31. The number of nitrogen functional groups attached to an aromatic ring is 2. The van der Waals surface area contributed by atoms with Crippen LogP contribution in [0, 0.1) is 0 Å². The van der Waals surface area contributed by atoms with Crippen molar-refractivity contribution in [3.63, 3.8) is 0 Å². The first-order chi connectivity index (χ1) is 14.8. The summed E-state index contributed by atoms with van der Waals surface area (Å²) in [7, 11) is 4.04. The number of benzene rings is 1. The lowest BCUT2D eigenvalue weighted by atomic mass is 10.1. The minimum atomic E-state index is -0.0268. The van der Waals surface area contributed by atoms with Crippen molar-refractivity contribution in [3.05, 3.63) is 40.7 Å². The predicted octanol–water partition coefficient (Wildman–Crippen LogP) is 1.28. The van der Waals surface area contributed by atoms with E-state index in [-0.39, 0.29) is 34.3 Å². The summed E-state index contributed by atoms with van der Waals surface area (Å²) >= 11 is 5.84. The van der Waals surface area contributed by atoms with E-state index in [1.807, 2.05) is 26.2 Å². The molecule has 2 aromatic rings. The number of ether oxygens (including phenoxy) is 1. The Bertz CT molecular complexity index is 914. The molecule has 0 saturated heterocycles. The van der Waals surface area contributed by atoms with Crippen LogP contribution in [-0.2, 0) is 6.42 Å². The maximum atomic E-state index is 5.87. The van der Waals surface area contributed by atoms with Gasteiger partial charge in [0.2, 0.25) is 5.96 Å². The number of aryl methyl sites for hydroxylation is 1. The molecule has 0 fully saturated rings. The van der Waals surface area contributed by atoms with Crippen LogP contribution in [0.5, 0.6) is 5.75 Å². The molecule has 0 bridgehead atoms. The lowest BCUT2D eigenvalue weighted by molar-refractivity contribution is 0.261. The van der Waals surface area contributed by atoms with Crippen molar-refractivity contribution >= 4 is 35.0 Å². The summed E-state index contributed by atoms with van der Waals surface area (Å²) in [5.41, 5.74) is 24.3. The third-order valence-corrected chi connectivity index (χ3v) is 4.54. The van der Waals surface area contributed by atoms with Crippen LogP contribution >= 0.6 is 11.6 Å². The molecule has 0 radical (unpaired) electrons. The maximum absolute atomic E-state index is 5.87. The average molecular weight is 448 g/mol. The molecule has 10 nitrogen and oxygen atoms in total. The number of unbranched alkanes of at least 4 members (excludes halogenated alkanes) is 1. The molecule has 0 atom stereocenters. The molecule has 0 spiro atoms. The van der Waals surface area contributed by atoms with Gasteiger partial charge >= 0.3 is 0 Å². The Hall–Kier alpha value is -3.11. The van der Waals surface area contributed by atoms with E-state index in [0.29, 0.717) is 13.2 Å². The highest BCUT2D eigenvalue weighted by atomic mass is 35.5. The van der Waals surface area contributed by atoms with Crippen molar-refractivity contribution in [1.82, 2.24) is 14.9 Å². The Morgan fingerprint density at radius 1 is 1.06 bits per heavy atom. The number of aliphatic imine (C=N–C) groups is 2. The smallest absolute Gasteiger partial charge is 0.217 e. The third-order valence-electron chi connectivity index (χ3n) is 4.26. The van der Waals surface area contributed by atoms with Gasteiger partial charge < -0.3 is 32.6 Å². The second kappa shape index (κ2) is 11.9. The van der Waals surface area contributed by atoms with Crippen LogP contribution in [0.15, 0.2) is 34.3 Å².